The molecule has 0 bridgehead atoms. The number of aromatic amines is 1. The Kier molecular flexibility index (Phi) is 4.77. The average molecular weight is 360 g/mol. The molecule has 0 saturated heterocycles. The number of aromatic nitrogens is 3. The monoisotopic (exact) mass is 360 g/mol. The molecule has 24 heavy (non-hydrogen) atoms. The molecule has 0 unspecified atom stereocenters. The average Bonchev–Trinajstić information content (AvgIpc) is 3.17. The largest absolute Gasteiger partial charge is 0.493 e. The van der Waals surface area contributed by atoms with E-state index in [1.165, 1.54) is 5.56 Å². The van der Waals surface area contributed by atoms with Gasteiger partial charge in [0.25, 0.3) is 0 Å². The Morgan fingerprint density at radius 3 is 2.71 bits per heavy atom. The summed E-state index contributed by atoms with van der Waals surface area (Å²) in [5.41, 5.74) is 1.99. The summed E-state index contributed by atoms with van der Waals surface area (Å²) in [6.45, 7) is 2.04. The maximum atomic E-state index is 5.34. The molecule has 0 spiro atoms. The van der Waals surface area contributed by atoms with Gasteiger partial charge in [-0.05, 0) is 54.4 Å². The summed E-state index contributed by atoms with van der Waals surface area (Å²) < 4.78 is 12.6. The van der Waals surface area contributed by atoms with Crippen LogP contribution in [0.3, 0.4) is 0 Å². The van der Waals surface area contributed by atoms with Gasteiger partial charge in [0.15, 0.2) is 17.3 Å². The molecule has 6 nitrogen and oxygen atoms in total. The highest BCUT2D eigenvalue weighted by Crippen LogP contribution is 2.31. The lowest BCUT2D eigenvalue weighted by Gasteiger charge is -2.09. The first kappa shape index (κ1) is 16.4. The predicted octanol–water partition coefficient (Wildman–Crippen LogP) is 3.88. The number of hydrogen-bond donors (Lipinski definition) is 1. The Balaban J connectivity index is 2.03. The van der Waals surface area contributed by atoms with E-state index in [-0.39, 0.29) is 0 Å². The number of methoxy groups -OCH3 is 2. The Labute approximate surface area is 148 Å². The van der Waals surface area contributed by atoms with Gasteiger partial charge in [0, 0.05) is 5.56 Å². The minimum atomic E-state index is 0.422. The molecule has 0 aliphatic carbocycles. The maximum absolute atomic E-state index is 5.34. The van der Waals surface area contributed by atoms with E-state index in [1.807, 2.05) is 30.5 Å². The molecule has 2 aromatic heterocycles. The predicted molar refractivity (Wildman–Crippen MR) is 98.0 cm³/mol. The third-order valence-electron chi connectivity index (χ3n) is 3.48. The molecule has 124 valence electrons. The fraction of sp³-hybridized carbons (Fsp3) is 0.188. The lowest BCUT2D eigenvalue weighted by molar-refractivity contribution is 0.355. The third kappa shape index (κ3) is 3.10. The molecule has 0 aliphatic rings. The van der Waals surface area contributed by atoms with Gasteiger partial charge in [0.2, 0.25) is 4.77 Å². The Hall–Kier alpha value is -2.45. The number of H-pyrrole nitrogens is 1. The Morgan fingerprint density at radius 1 is 1.25 bits per heavy atom. The van der Waals surface area contributed by atoms with E-state index >= 15 is 0 Å². The van der Waals surface area contributed by atoms with Crippen molar-refractivity contribution in [3.8, 4) is 22.9 Å². The molecule has 3 aromatic rings. The molecule has 1 N–H and O–H groups in total. The van der Waals surface area contributed by atoms with E-state index in [9.17, 15) is 0 Å². The summed E-state index contributed by atoms with van der Waals surface area (Å²) in [6.07, 6.45) is 1.79. The van der Waals surface area contributed by atoms with Crippen molar-refractivity contribution in [2.45, 2.75) is 6.92 Å². The molecule has 0 radical (unpaired) electrons. The fourth-order valence-corrected chi connectivity index (χ4v) is 3.15. The van der Waals surface area contributed by atoms with Crippen LogP contribution in [0.25, 0.3) is 11.4 Å². The van der Waals surface area contributed by atoms with Crippen molar-refractivity contribution in [2.24, 2.45) is 5.10 Å². The van der Waals surface area contributed by atoms with E-state index in [1.54, 1.807) is 36.4 Å². The van der Waals surface area contributed by atoms with Gasteiger partial charge in [-0.1, -0.05) is 0 Å². The van der Waals surface area contributed by atoms with Crippen LogP contribution in [0.15, 0.2) is 34.7 Å². The van der Waals surface area contributed by atoms with Crippen molar-refractivity contribution >= 4 is 29.8 Å². The summed E-state index contributed by atoms with van der Waals surface area (Å²) in [5.74, 6) is 1.87. The standard InChI is InChI=1S/C16H16N4O2S2/c1-10-6-7-24-14(10)9-17-20-15(18-19-16(20)23)11-4-5-12(21-2)13(8-11)22-3/h4-9H,1-3H3,(H,19,23)/b17-9-. The molecule has 0 amide bonds. The van der Waals surface area contributed by atoms with Crippen LogP contribution in [-0.2, 0) is 0 Å². The van der Waals surface area contributed by atoms with E-state index in [0.717, 1.165) is 10.4 Å². The zero-order valence-corrected chi connectivity index (χ0v) is 15.1. The highest BCUT2D eigenvalue weighted by molar-refractivity contribution is 7.71. The fourth-order valence-electron chi connectivity index (χ4n) is 2.19. The van der Waals surface area contributed by atoms with Gasteiger partial charge in [-0.25, -0.2) is 5.10 Å². The highest BCUT2D eigenvalue weighted by atomic mass is 32.1. The Bertz CT molecular complexity index is 940. The summed E-state index contributed by atoms with van der Waals surface area (Å²) >= 11 is 6.92. The number of hydrogen-bond acceptors (Lipinski definition) is 6. The summed E-state index contributed by atoms with van der Waals surface area (Å²) in [7, 11) is 3.19. The van der Waals surface area contributed by atoms with Crippen LogP contribution in [0.4, 0.5) is 0 Å². The van der Waals surface area contributed by atoms with Gasteiger partial charge >= 0.3 is 0 Å². The molecule has 0 saturated carbocycles. The molecule has 8 heteroatoms. The molecule has 0 aliphatic heterocycles. The van der Waals surface area contributed by atoms with Crippen LogP contribution in [0, 0.1) is 11.7 Å². The molecule has 0 fully saturated rings. The molecule has 3 rings (SSSR count). The topological polar surface area (TPSA) is 64.4 Å². The first-order valence-corrected chi connectivity index (χ1v) is 8.41. The smallest absolute Gasteiger partial charge is 0.216 e. The first-order valence-electron chi connectivity index (χ1n) is 7.12. The summed E-state index contributed by atoms with van der Waals surface area (Å²) in [4.78, 5) is 1.08. The lowest BCUT2D eigenvalue weighted by atomic mass is 10.2. The van der Waals surface area contributed by atoms with Crippen molar-refractivity contribution in [1.29, 1.82) is 0 Å². The summed E-state index contributed by atoms with van der Waals surface area (Å²) in [5, 5.41) is 13.6. The molecular formula is C16H16N4O2S2. The number of benzene rings is 1. The lowest BCUT2D eigenvalue weighted by Crippen LogP contribution is -1.96. The van der Waals surface area contributed by atoms with Crippen molar-refractivity contribution in [3.63, 3.8) is 0 Å². The van der Waals surface area contributed by atoms with E-state index < -0.39 is 0 Å². The molecular weight excluding hydrogens is 344 g/mol. The van der Waals surface area contributed by atoms with Crippen molar-refractivity contribution in [3.05, 3.63) is 44.9 Å². The van der Waals surface area contributed by atoms with E-state index in [0.29, 0.717) is 22.1 Å². The van der Waals surface area contributed by atoms with E-state index in [2.05, 4.69) is 21.4 Å². The molecule has 1 aromatic carbocycles. The van der Waals surface area contributed by atoms with Crippen LogP contribution in [0.2, 0.25) is 0 Å². The number of thiophene rings is 1. The zero-order valence-electron chi connectivity index (χ0n) is 13.4. The number of aryl methyl sites for hydroxylation is 1. The minimum Gasteiger partial charge on any atom is -0.493 e. The van der Waals surface area contributed by atoms with Crippen LogP contribution >= 0.6 is 23.6 Å². The SMILES string of the molecule is COc1ccc(-c2n[nH]c(=S)n2/N=C\c2sccc2C)cc1OC. The maximum Gasteiger partial charge on any atom is 0.216 e. The molecule has 0 atom stereocenters. The van der Waals surface area contributed by atoms with Gasteiger partial charge in [-0.15, -0.1) is 11.3 Å². The van der Waals surface area contributed by atoms with Crippen molar-refractivity contribution < 1.29 is 9.47 Å². The van der Waals surface area contributed by atoms with E-state index in [4.69, 9.17) is 21.7 Å². The van der Waals surface area contributed by atoms with Crippen LogP contribution in [-0.4, -0.2) is 35.3 Å². The van der Waals surface area contributed by atoms with Gasteiger partial charge in [-0.2, -0.15) is 14.9 Å². The van der Waals surface area contributed by atoms with Gasteiger partial charge < -0.3 is 9.47 Å². The normalized spacial score (nSPS) is 11.1. The second kappa shape index (κ2) is 6.98. The van der Waals surface area contributed by atoms with Gasteiger partial charge in [0.1, 0.15) is 0 Å². The highest BCUT2D eigenvalue weighted by Gasteiger charge is 2.12. The van der Waals surface area contributed by atoms with Gasteiger partial charge in [0.05, 0.1) is 25.3 Å². The van der Waals surface area contributed by atoms with Crippen LogP contribution in [0.5, 0.6) is 11.5 Å². The van der Waals surface area contributed by atoms with Gasteiger partial charge in [-0.3, -0.25) is 0 Å². The second-order valence-electron chi connectivity index (χ2n) is 4.95. The first-order chi connectivity index (χ1) is 11.6. The third-order valence-corrected chi connectivity index (χ3v) is 4.70. The minimum absolute atomic E-state index is 0.422. The zero-order chi connectivity index (χ0) is 17.1. The van der Waals surface area contributed by atoms with Crippen LogP contribution < -0.4 is 9.47 Å². The second-order valence-corrected chi connectivity index (χ2v) is 6.28. The van der Waals surface area contributed by atoms with Crippen molar-refractivity contribution in [1.82, 2.24) is 14.9 Å². The quantitative estimate of drug-likeness (QED) is 0.554. The van der Waals surface area contributed by atoms with Crippen LogP contribution in [0.1, 0.15) is 10.4 Å². The number of nitrogens with zero attached hydrogens (tertiary/aromatic N) is 3. The number of ether oxygens (including phenoxy) is 2. The summed E-state index contributed by atoms with van der Waals surface area (Å²) in [6, 6.07) is 7.60. The van der Waals surface area contributed by atoms with Crippen molar-refractivity contribution in [2.75, 3.05) is 14.2 Å². The number of nitrogens with one attached hydrogen (secondary N) is 1. The molecule has 2 heterocycles. The Morgan fingerprint density at radius 2 is 2.04 bits per heavy atom. The number of rotatable bonds is 5.